The Morgan fingerprint density at radius 1 is 1.28 bits per heavy atom. The number of imide groups is 1. The van der Waals surface area contributed by atoms with Gasteiger partial charge in [0.15, 0.2) is 0 Å². The molecule has 0 spiro atoms. The first-order valence-electron chi connectivity index (χ1n) is 8.84. The molecule has 1 aromatic carbocycles. The maximum absolute atomic E-state index is 14.2. The smallest absolute Gasteiger partial charge is 0.325 e. The van der Waals surface area contributed by atoms with Crippen molar-refractivity contribution in [3.05, 3.63) is 58.8 Å². The van der Waals surface area contributed by atoms with Crippen LogP contribution >= 0.6 is 11.3 Å². The van der Waals surface area contributed by atoms with Crippen LogP contribution in [0.2, 0.25) is 0 Å². The van der Waals surface area contributed by atoms with E-state index in [9.17, 15) is 18.4 Å². The van der Waals surface area contributed by atoms with Crippen LogP contribution in [0.1, 0.15) is 24.8 Å². The summed E-state index contributed by atoms with van der Waals surface area (Å²) in [7, 11) is 0. The number of rotatable bonds is 6. The summed E-state index contributed by atoms with van der Waals surface area (Å²) in [4.78, 5) is 31.3. The Hall–Kier alpha value is -3.14. The van der Waals surface area contributed by atoms with Crippen LogP contribution in [0.25, 0.3) is 10.7 Å². The molecule has 1 aliphatic rings. The number of halogens is 2. The summed E-state index contributed by atoms with van der Waals surface area (Å²) in [6.07, 6.45) is 0.768. The fraction of sp³-hybridized carbons (Fsp3) is 0.263. The lowest BCUT2D eigenvalue weighted by molar-refractivity contribution is -0.131. The highest BCUT2D eigenvalue weighted by atomic mass is 32.1. The minimum atomic E-state index is -1.59. The molecule has 150 valence electrons. The number of nitrogens with zero attached hydrogens (tertiary/aromatic N) is 3. The molecule has 3 heterocycles. The molecule has 1 atom stereocenters. The summed E-state index contributed by atoms with van der Waals surface area (Å²) in [6, 6.07) is 6.02. The van der Waals surface area contributed by atoms with E-state index in [-0.39, 0.29) is 12.1 Å². The van der Waals surface area contributed by atoms with Crippen LogP contribution < -0.4 is 5.32 Å². The van der Waals surface area contributed by atoms with Gasteiger partial charge in [-0.3, -0.25) is 9.69 Å². The third kappa shape index (κ3) is 3.51. The van der Waals surface area contributed by atoms with Crippen molar-refractivity contribution in [3.63, 3.8) is 0 Å². The molecule has 1 aliphatic heterocycles. The minimum Gasteiger partial charge on any atom is -0.339 e. The summed E-state index contributed by atoms with van der Waals surface area (Å²) in [5.74, 6) is -1.37. The fourth-order valence-corrected chi connectivity index (χ4v) is 3.88. The van der Waals surface area contributed by atoms with Crippen LogP contribution in [-0.2, 0) is 16.8 Å². The molecule has 10 heteroatoms. The van der Waals surface area contributed by atoms with Gasteiger partial charge in [-0.25, -0.2) is 13.6 Å². The largest absolute Gasteiger partial charge is 0.339 e. The predicted octanol–water partition coefficient (Wildman–Crippen LogP) is 3.48. The van der Waals surface area contributed by atoms with E-state index < -0.39 is 29.1 Å². The quantitative estimate of drug-likeness (QED) is 0.619. The number of carbonyl (C=O) groups excluding carboxylic acids is 2. The molecule has 2 aromatic heterocycles. The average Bonchev–Trinajstić information content (AvgIpc) is 3.39. The zero-order valence-electron chi connectivity index (χ0n) is 15.3. The molecule has 1 N–H and O–H groups in total. The number of amides is 3. The maximum Gasteiger partial charge on any atom is 0.325 e. The number of thiophene rings is 1. The summed E-state index contributed by atoms with van der Waals surface area (Å²) in [6.45, 7) is 1.49. The van der Waals surface area contributed by atoms with Gasteiger partial charge in [0, 0.05) is 24.6 Å². The van der Waals surface area contributed by atoms with Gasteiger partial charge in [0.05, 0.1) is 4.88 Å². The molecule has 0 bridgehead atoms. The van der Waals surface area contributed by atoms with Crippen molar-refractivity contribution in [1.29, 1.82) is 0 Å². The van der Waals surface area contributed by atoms with Crippen molar-refractivity contribution in [3.8, 4) is 10.7 Å². The fourth-order valence-electron chi connectivity index (χ4n) is 3.23. The number of hydrogen-bond acceptors (Lipinski definition) is 6. The van der Waals surface area contributed by atoms with E-state index in [4.69, 9.17) is 4.52 Å². The molecule has 1 saturated heterocycles. The molecule has 7 nitrogen and oxygen atoms in total. The van der Waals surface area contributed by atoms with Gasteiger partial charge in [0.25, 0.3) is 5.91 Å². The molecule has 3 amide bonds. The SMILES string of the molecule is CC1(c2ccc(F)cc2F)NC(=O)N(CCCc2nc(-c3cccs3)no2)C1=O. The third-order valence-corrected chi connectivity index (χ3v) is 5.59. The molecule has 29 heavy (non-hydrogen) atoms. The number of urea groups is 1. The molecular formula is C19H16F2N4O3S. The molecule has 1 fully saturated rings. The molecule has 0 saturated carbocycles. The Bertz CT molecular complexity index is 1070. The van der Waals surface area contributed by atoms with Crippen LogP contribution in [-0.4, -0.2) is 33.5 Å². The van der Waals surface area contributed by atoms with E-state index in [1.54, 1.807) is 0 Å². The van der Waals surface area contributed by atoms with E-state index in [1.165, 1.54) is 18.3 Å². The van der Waals surface area contributed by atoms with Crippen LogP contribution in [0, 0.1) is 11.6 Å². The monoisotopic (exact) mass is 418 g/mol. The average molecular weight is 418 g/mol. The number of nitrogens with one attached hydrogen (secondary N) is 1. The third-order valence-electron chi connectivity index (χ3n) is 4.73. The van der Waals surface area contributed by atoms with Crippen molar-refractivity contribution < 1.29 is 22.9 Å². The predicted molar refractivity (Wildman–Crippen MR) is 99.9 cm³/mol. The molecule has 3 aromatic rings. The zero-order valence-corrected chi connectivity index (χ0v) is 16.1. The van der Waals surface area contributed by atoms with Gasteiger partial charge in [0.1, 0.15) is 17.2 Å². The van der Waals surface area contributed by atoms with Gasteiger partial charge in [-0.15, -0.1) is 11.3 Å². The van der Waals surface area contributed by atoms with Gasteiger partial charge >= 0.3 is 6.03 Å². The van der Waals surface area contributed by atoms with E-state index in [0.717, 1.165) is 21.9 Å². The standard InChI is InChI=1S/C19H16F2N4O3S/c1-19(12-7-6-11(20)10-13(12)21)17(26)25(18(27)23-19)8-2-5-15-22-16(24-28-15)14-4-3-9-29-14/h3-4,6-7,9-10H,2,5,8H2,1H3,(H,23,27). The topological polar surface area (TPSA) is 88.3 Å². The van der Waals surface area contributed by atoms with Gasteiger partial charge in [-0.2, -0.15) is 4.98 Å². The Balaban J connectivity index is 1.42. The number of aromatic nitrogens is 2. The first kappa shape index (κ1) is 19.2. The van der Waals surface area contributed by atoms with Crippen molar-refractivity contribution in [2.45, 2.75) is 25.3 Å². The first-order valence-corrected chi connectivity index (χ1v) is 9.72. The molecule has 0 radical (unpaired) electrons. The molecular weight excluding hydrogens is 402 g/mol. The Kier molecular flexibility index (Phi) is 4.87. The second-order valence-corrected chi connectivity index (χ2v) is 7.68. The Labute approximate surface area is 168 Å². The lowest BCUT2D eigenvalue weighted by atomic mass is 9.91. The maximum atomic E-state index is 14.2. The van der Waals surface area contributed by atoms with Gasteiger partial charge < -0.3 is 9.84 Å². The minimum absolute atomic E-state index is 0.0859. The lowest BCUT2D eigenvalue weighted by Gasteiger charge is -2.22. The van der Waals surface area contributed by atoms with Crippen molar-refractivity contribution in [2.75, 3.05) is 6.54 Å². The Morgan fingerprint density at radius 2 is 2.10 bits per heavy atom. The first-order chi connectivity index (χ1) is 13.9. The normalized spacial score (nSPS) is 19.1. The number of hydrogen-bond donors (Lipinski definition) is 1. The summed E-state index contributed by atoms with van der Waals surface area (Å²) >= 11 is 1.49. The lowest BCUT2D eigenvalue weighted by Crippen LogP contribution is -2.41. The second kappa shape index (κ2) is 7.36. The summed E-state index contributed by atoms with van der Waals surface area (Å²) in [5, 5.41) is 8.32. The van der Waals surface area contributed by atoms with Gasteiger partial charge in [0.2, 0.25) is 11.7 Å². The highest BCUT2D eigenvalue weighted by Gasteiger charge is 2.50. The summed E-state index contributed by atoms with van der Waals surface area (Å²) in [5.41, 5.74) is -1.68. The Morgan fingerprint density at radius 3 is 2.83 bits per heavy atom. The number of aryl methyl sites for hydroxylation is 1. The van der Waals surface area contributed by atoms with Gasteiger partial charge in [-0.1, -0.05) is 17.3 Å². The highest BCUT2D eigenvalue weighted by molar-refractivity contribution is 7.13. The molecule has 1 unspecified atom stereocenters. The van der Waals surface area contributed by atoms with Crippen molar-refractivity contribution >= 4 is 23.3 Å². The van der Waals surface area contributed by atoms with E-state index in [0.29, 0.717) is 30.6 Å². The van der Waals surface area contributed by atoms with Crippen LogP contribution in [0.5, 0.6) is 0 Å². The molecule has 4 rings (SSSR count). The van der Waals surface area contributed by atoms with Crippen molar-refractivity contribution in [1.82, 2.24) is 20.4 Å². The second-order valence-electron chi connectivity index (χ2n) is 6.73. The zero-order chi connectivity index (χ0) is 20.6. The van der Waals surface area contributed by atoms with Crippen LogP contribution in [0.15, 0.2) is 40.2 Å². The highest BCUT2D eigenvalue weighted by Crippen LogP contribution is 2.31. The van der Waals surface area contributed by atoms with E-state index in [1.807, 2.05) is 17.5 Å². The van der Waals surface area contributed by atoms with Crippen LogP contribution in [0.3, 0.4) is 0 Å². The summed E-state index contributed by atoms with van der Waals surface area (Å²) < 4.78 is 32.6. The van der Waals surface area contributed by atoms with Gasteiger partial charge in [-0.05, 0) is 30.9 Å². The molecule has 0 aliphatic carbocycles. The van der Waals surface area contributed by atoms with E-state index in [2.05, 4.69) is 15.5 Å². The van der Waals surface area contributed by atoms with Crippen LogP contribution in [0.4, 0.5) is 13.6 Å². The number of benzene rings is 1. The van der Waals surface area contributed by atoms with E-state index >= 15 is 0 Å². The number of carbonyl (C=O) groups is 2. The van der Waals surface area contributed by atoms with Crippen molar-refractivity contribution in [2.24, 2.45) is 0 Å².